The van der Waals surface area contributed by atoms with Crippen LogP contribution in [0.3, 0.4) is 0 Å². The van der Waals surface area contributed by atoms with Gasteiger partial charge in [-0.25, -0.2) is 0 Å². The number of hydrogen-bond acceptors (Lipinski definition) is 3. The van der Waals surface area contributed by atoms with Crippen LogP contribution in [0.1, 0.15) is 28.3 Å². The predicted octanol–water partition coefficient (Wildman–Crippen LogP) is 3.36. The fourth-order valence-corrected chi connectivity index (χ4v) is 2.76. The van der Waals surface area contributed by atoms with Gasteiger partial charge in [-0.3, -0.25) is 14.6 Å². The minimum absolute atomic E-state index is 0.166. The Labute approximate surface area is 151 Å². The van der Waals surface area contributed by atoms with Gasteiger partial charge in [0.2, 0.25) is 0 Å². The molecule has 1 amide bonds. The summed E-state index contributed by atoms with van der Waals surface area (Å²) in [6.07, 6.45) is 0.811. The topological polar surface area (TPSA) is 75.6 Å². The molecule has 0 atom stereocenters. The molecule has 0 aliphatic carbocycles. The third kappa shape index (κ3) is 4.28. The molecule has 2 N–H and O–H groups in total. The number of carbonyl (C=O) groups is 1. The van der Waals surface area contributed by atoms with Crippen molar-refractivity contribution in [2.45, 2.75) is 26.8 Å². The average Bonchev–Trinajstić information content (AvgIpc) is 3.19. The quantitative estimate of drug-likeness (QED) is 0.664. The van der Waals surface area contributed by atoms with Crippen LogP contribution in [0, 0.1) is 13.8 Å². The summed E-state index contributed by atoms with van der Waals surface area (Å²) in [7, 11) is 0. The minimum atomic E-state index is -0.166. The molecule has 0 aliphatic rings. The first-order chi connectivity index (χ1) is 12.0. The van der Waals surface area contributed by atoms with Crippen LogP contribution in [-0.2, 0) is 6.54 Å². The Balaban J connectivity index is 1.52. The van der Waals surface area contributed by atoms with Crippen LogP contribution in [-0.4, -0.2) is 32.4 Å². The van der Waals surface area contributed by atoms with Gasteiger partial charge < -0.3 is 5.32 Å². The van der Waals surface area contributed by atoms with E-state index in [4.69, 9.17) is 11.6 Å². The molecule has 130 valence electrons. The first-order valence-electron chi connectivity index (χ1n) is 8.13. The molecule has 2 heterocycles. The van der Waals surface area contributed by atoms with Crippen LogP contribution < -0.4 is 5.32 Å². The van der Waals surface area contributed by atoms with Gasteiger partial charge in [-0.15, -0.1) is 0 Å². The number of carbonyl (C=O) groups excluding carboxylic acids is 1. The van der Waals surface area contributed by atoms with E-state index in [9.17, 15) is 4.79 Å². The number of aryl methyl sites for hydroxylation is 3. The third-order valence-corrected chi connectivity index (χ3v) is 4.15. The number of halogens is 1. The lowest BCUT2D eigenvalue weighted by Crippen LogP contribution is -2.25. The molecule has 7 heteroatoms. The summed E-state index contributed by atoms with van der Waals surface area (Å²) in [5.74, 6) is -0.166. The molecule has 0 fully saturated rings. The third-order valence-electron chi connectivity index (χ3n) is 3.90. The molecule has 0 unspecified atom stereocenters. The molecule has 6 nitrogen and oxygen atoms in total. The Kier molecular flexibility index (Phi) is 5.19. The standard InChI is InChI=1S/C18H20ClN5O/c1-12-10-13(2)24(23-12)9-3-8-20-18(25)17-11-16(21-22-17)14-4-6-15(19)7-5-14/h4-7,10-11H,3,8-9H2,1-2H3,(H,20,25)(H,21,22). The molecule has 0 aliphatic heterocycles. The summed E-state index contributed by atoms with van der Waals surface area (Å²) in [6.45, 7) is 5.36. The largest absolute Gasteiger partial charge is 0.351 e. The van der Waals surface area contributed by atoms with Crippen molar-refractivity contribution < 1.29 is 4.79 Å². The highest BCUT2D eigenvalue weighted by molar-refractivity contribution is 6.30. The Morgan fingerprint density at radius 3 is 2.68 bits per heavy atom. The fourth-order valence-electron chi connectivity index (χ4n) is 2.63. The highest BCUT2D eigenvalue weighted by Gasteiger charge is 2.10. The maximum Gasteiger partial charge on any atom is 0.269 e. The van der Waals surface area contributed by atoms with E-state index in [1.165, 1.54) is 0 Å². The van der Waals surface area contributed by atoms with Gasteiger partial charge in [0.1, 0.15) is 5.69 Å². The van der Waals surface area contributed by atoms with Gasteiger partial charge in [0.15, 0.2) is 0 Å². The molecular formula is C18H20ClN5O. The lowest BCUT2D eigenvalue weighted by atomic mass is 10.1. The second-order valence-corrected chi connectivity index (χ2v) is 6.37. The molecule has 0 saturated carbocycles. The zero-order chi connectivity index (χ0) is 17.8. The summed E-state index contributed by atoms with van der Waals surface area (Å²) < 4.78 is 1.95. The molecular weight excluding hydrogens is 338 g/mol. The van der Waals surface area contributed by atoms with E-state index in [0.717, 1.165) is 29.9 Å². The molecule has 1 aromatic carbocycles. The smallest absolute Gasteiger partial charge is 0.269 e. The maximum absolute atomic E-state index is 12.2. The number of aromatic nitrogens is 4. The SMILES string of the molecule is Cc1cc(C)n(CCCNC(=O)c2cc(-c3ccc(Cl)cc3)n[nH]2)n1. The second-order valence-electron chi connectivity index (χ2n) is 5.93. The average molecular weight is 358 g/mol. The first-order valence-corrected chi connectivity index (χ1v) is 8.51. The fraction of sp³-hybridized carbons (Fsp3) is 0.278. The molecule has 0 bridgehead atoms. The molecule has 2 aromatic heterocycles. The zero-order valence-corrected chi connectivity index (χ0v) is 15.0. The molecule has 3 aromatic rings. The van der Waals surface area contributed by atoms with Crippen LogP contribution in [0.25, 0.3) is 11.3 Å². The number of H-pyrrole nitrogens is 1. The molecule has 0 spiro atoms. The van der Waals surface area contributed by atoms with E-state index in [0.29, 0.717) is 23.0 Å². The Morgan fingerprint density at radius 1 is 1.24 bits per heavy atom. The van der Waals surface area contributed by atoms with Crippen molar-refractivity contribution in [3.63, 3.8) is 0 Å². The number of nitrogens with zero attached hydrogens (tertiary/aromatic N) is 3. The van der Waals surface area contributed by atoms with Gasteiger partial charge in [0.25, 0.3) is 5.91 Å². The minimum Gasteiger partial charge on any atom is -0.351 e. The Hall–Kier alpha value is -2.60. The van der Waals surface area contributed by atoms with Gasteiger partial charge in [-0.1, -0.05) is 23.7 Å². The highest BCUT2D eigenvalue weighted by Crippen LogP contribution is 2.20. The van der Waals surface area contributed by atoms with E-state index in [1.54, 1.807) is 18.2 Å². The van der Waals surface area contributed by atoms with Crippen molar-refractivity contribution in [1.82, 2.24) is 25.3 Å². The number of amides is 1. The second kappa shape index (κ2) is 7.53. The number of rotatable bonds is 6. The van der Waals surface area contributed by atoms with Crippen molar-refractivity contribution in [3.8, 4) is 11.3 Å². The summed E-state index contributed by atoms with van der Waals surface area (Å²) in [5, 5.41) is 14.9. The van der Waals surface area contributed by atoms with Crippen LogP contribution in [0.15, 0.2) is 36.4 Å². The summed E-state index contributed by atoms with van der Waals surface area (Å²) in [5.41, 5.74) is 4.20. The van der Waals surface area contributed by atoms with E-state index < -0.39 is 0 Å². The Bertz CT molecular complexity index is 866. The van der Waals surface area contributed by atoms with E-state index in [2.05, 4.69) is 20.6 Å². The summed E-state index contributed by atoms with van der Waals surface area (Å²) in [4.78, 5) is 12.2. The van der Waals surface area contributed by atoms with Gasteiger partial charge in [0, 0.05) is 29.4 Å². The van der Waals surface area contributed by atoms with Crippen LogP contribution in [0.5, 0.6) is 0 Å². The van der Waals surface area contributed by atoms with Crippen molar-refractivity contribution in [2.75, 3.05) is 6.54 Å². The van der Waals surface area contributed by atoms with Crippen LogP contribution in [0.2, 0.25) is 5.02 Å². The maximum atomic E-state index is 12.2. The lowest BCUT2D eigenvalue weighted by Gasteiger charge is -2.05. The van der Waals surface area contributed by atoms with Crippen LogP contribution >= 0.6 is 11.6 Å². The van der Waals surface area contributed by atoms with Gasteiger partial charge in [-0.2, -0.15) is 10.2 Å². The van der Waals surface area contributed by atoms with Gasteiger partial charge in [-0.05, 0) is 44.5 Å². The van der Waals surface area contributed by atoms with E-state index in [-0.39, 0.29) is 5.91 Å². The van der Waals surface area contributed by atoms with Crippen molar-refractivity contribution in [3.05, 3.63) is 58.5 Å². The lowest BCUT2D eigenvalue weighted by molar-refractivity contribution is 0.0947. The van der Waals surface area contributed by atoms with Gasteiger partial charge >= 0.3 is 0 Å². The van der Waals surface area contributed by atoms with Crippen molar-refractivity contribution in [2.24, 2.45) is 0 Å². The molecule has 25 heavy (non-hydrogen) atoms. The van der Waals surface area contributed by atoms with E-state index in [1.807, 2.05) is 36.7 Å². The Morgan fingerprint density at radius 2 is 2.00 bits per heavy atom. The number of benzene rings is 1. The van der Waals surface area contributed by atoms with Crippen molar-refractivity contribution in [1.29, 1.82) is 0 Å². The molecule has 0 saturated heterocycles. The summed E-state index contributed by atoms with van der Waals surface area (Å²) >= 11 is 5.88. The van der Waals surface area contributed by atoms with E-state index >= 15 is 0 Å². The molecule has 0 radical (unpaired) electrons. The first kappa shape index (κ1) is 17.2. The molecule has 3 rings (SSSR count). The highest BCUT2D eigenvalue weighted by atomic mass is 35.5. The monoisotopic (exact) mass is 357 g/mol. The number of nitrogens with one attached hydrogen (secondary N) is 2. The van der Waals surface area contributed by atoms with Crippen LogP contribution in [0.4, 0.5) is 0 Å². The van der Waals surface area contributed by atoms with Crippen molar-refractivity contribution >= 4 is 17.5 Å². The zero-order valence-electron chi connectivity index (χ0n) is 14.2. The number of hydrogen-bond donors (Lipinski definition) is 2. The predicted molar refractivity (Wildman–Crippen MR) is 97.7 cm³/mol. The normalized spacial score (nSPS) is 10.8. The van der Waals surface area contributed by atoms with Gasteiger partial charge in [0.05, 0.1) is 11.4 Å². The number of aromatic amines is 1. The summed E-state index contributed by atoms with van der Waals surface area (Å²) in [6, 6.07) is 11.1.